The fourth-order valence-electron chi connectivity index (χ4n) is 9.56. The molecule has 0 bridgehead atoms. The number of hydrogen-bond donors (Lipinski definition) is 0. The summed E-state index contributed by atoms with van der Waals surface area (Å²) in [7, 11) is 0. The number of hydrogen-bond acceptors (Lipinski definition) is 6. The van der Waals surface area contributed by atoms with Gasteiger partial charge < -0.3 is 14.2 Å². The van der Waals surface area contributed by atoms with E-state index >= 15 is 0 Å². The highest BCUT2D eigenvalue weighted by atomic mass is 16.6. The summed E-state index contributed by atoms with van der Waals surface area (Å²) < 4.78 is 16.9. The van der Waals surface area contributed by atoms with Gasteiger partial charge in [0.2, 0.25) is 0 Å². The van der Waals surface area contributed by atoms with Crippen LogP contribution in [0.25, 0.3) is 0 Å². The number of carbonyl (C=O) groups is 3. The largest absolute Gasteiger partial charge is 0.462 e. The van der Waals surface area contributed by atoms with Gasteiger partial charge in [0.25, 0.3) is 0 Å². The summed E-state index contributed by atoms with van der Waals surface area (Å²) in [6, 6.07) is 0. The molecule has 0 aliphatic rings. The molecule has 0 aromatic heterocycles. The second kappa shape index (κ2) is 58.7. The quantitative estimate of drug-likeness (QED) is 0.0261. The molecule has 0 rings (SSSR count). The third-order valence-electron chi connectivity index (χ3n) is 14.3. The van der Waals surface area contributed by atoms with E-state index in [9.17, 15) is 14.4 Å². The number of esters is 3. The first-order chi connectivity index (χ1) is 34.0. The van der Waals surface area contributed by atoms with Crippen LogP contribution in [-0.4, -0.2) is 37.2 Å². The van der Waals surface area contributed by atoms with E-state index in [1.807, 2.05) is 0 Å². The van der Waals surface area contributed by atoms with Crippen molar-refractivity contribution in [3.8, 4) is 0 Å². The van der Waals surface area contributed by atoms with E-state index in [0.29, 0.717) is 19.3 Å². The second-order valence-electron chi connectivity index (χ2n) is 21.3. The maximum absolute atomic E-state index is 12.9. The van der Waals surface area contributed by atoms with Crippen molar-refractivity contribution in [3.63, 3.8) is 0 Å². The zero-order valence-electron chi connectivity index (χ0n) is 46.9. The van der Waals surface area contributed by atoms with Crippen LogP contribution in [0.3, 0.4) is 0 Å². The Balaban J connectivity index is 4.31. The minimum atomic E-state index is -0.767. The van der Waals surface area contributed by atoms with Gasteiger partial charge in [0.05, 0.1) is 0 Å². The number of rotatable bonds is 58. The van der Waals surface area contributed by atoms with E-state index < -0.39 is 6.10 Å². The molecule has 6 heteroatoms. The van der Waals surface area contributed by atoms with Crippen LogP contribution in [0.1, 0.15) is 355 Å². The average molecular weight is 974 g/mol. The lowest BCUT2D eigenvalue weighted by Crippen LogP contribution is -2.30. The van der Waals surface area contributed by atoms with Gasteiger partial charge in [-0.2, -0.15) is 0 Å². The average Bonchev–Trinajstić information content (AvgIpc) is 3.35. The van der Waals surface area contributed by atoms with Gasteiger partial charge >= 0.3 is 17.9 Å². The molecule has 0 spiro atoms. The zero-order valence-corrected chi connectivity index (χ0v) is 46.9. The van der Waals surface area contributed by atoms with Gasteiger partial charge in [-0.25, -0.2) is 0 Å². The van der Waals surface area contributed by atoms with E-state index in [0.717, 1.165) is 57.8 Å². The predicted octanol–water partition coefficient (Wildman–Crippen LogP) is 20.9. The molecule has 69 heavy (non-hydrogen) atoms. The standard InChI is InChI=1S/C63H120O6/c1-4-7-10-13-16-19-22-25-28-31-34-37-40-43-46-49-52-55-61(64)67-58-60(69-63(66)57-54-51-48-45-42-39-36-33-30-27-24-21-18-15-12-9-6-3)59-68-62(65)56-53-50-47-44-41-38-35-32-29-26-23-20-17-14-11-8-5-2/h25,28,60H,4-24,26-27,29-59H2,1-3H3/b28-25-/t60-/m0/s1. The lowest BCUT2D eigenvalue weighted by molar-refractivity contribution is -0.167. The van der Waals surface area contributed by atoms with E-state index in [-0.39, 0.29) is 31.1 Å². The van der Waals surface area contributed by atoms with Crippen molar-refractivity contribution in [1.29, 1.82) is 0 Å². The highest BCUT2D eigenvalue weighted by Crippen LogP contribution is 2.18. The van der Waals surface area contributed by atoms with Crippen molar-refractivity contribution in [2.75, 3.05) is 13.2 Å². The summed E-state index contributed by atoms with van der Waals surface area (Å²) in [5, 5.41) is 0. The maximum atomic E-state index is 12.9. The third-order valence-corrected chi connectivity index (χ3v) is 14.3. The van der Waals surface area contributed by atoms with Gasteiger partial charge in [0.15, 0.2) is 6.10 Å². The van der Waals surface area contributed by atoms with Crippen LogP contribution in [-0.2, 0) is 28.6 Å². The lowest BCUT2D eigenvalue weighted by Gasteiger charge is -2.18. The molecule has 408 valence electrons. The maximum Gasteiger partial charge on any atom is 0.306 e. The smallest absolute Gasteiger partial charge is 0.306 e. The SMILES string of the molecule is CCCCCCCC/C=C\CCCCCCCCCC(=O)OC[C@@H](COC(=O)CCCCCCCCCCCCCCCCCCC)OC(=O)CCCCCCCCCCCCCCCCCCC. The predicted molar refractivity (Wildman–Crippen MR) is 298 cm³/mol. The number of carbonyl (C=O) groups excluding carboxylic acids is 3. The molecule has 0 fully saturated rings. The molecule has 0 N–H and O–H groups in total. The molecule has 0 aliphatic heterocycles. The minimum absolute atomic E-state index is 0.0647. The summed E-state index contributed by atoms with van der Waals surface area (Å²) >= 11 is 0. The van der Waals surface area contributed by atoms with Crippen molar-refractivity contribution >= 4 is 17.9 Å². The first-order valence-electron chi connectivity index (χ1n) is 31.2. The second-order valence-corrected chi connectivity index (χ2v) is 21.3. The lowest BCUT2D eigenvalue weighted by atomic mass is 10.0. The Morgan fingerprint density at radius 2 is 0.478 bits per heavy atom. The first kappa shape index (κ1) is 67.1. The molecular weight excluding hydrogens is 853 g/mol. The van der Waals surface area contributed by atoms with Crippen molar-refractivity contribution in [1.82, 2.24) is 0 Å². The van der Waals surface area contributed by atoms with Crippen LogP contribution >= 0.6 is 0 Å². The molecule has 0 aliphatic carbocycles. The molecule has 0 saturated carbocycles. The Morgan fingerprint density at radius 1 is 0.275 bits per heavy atom. The highest BCUT2D eigenvalue weighted by Gasteiger charge is 2.19. The summed E-state index contributed by atoms with van der Waals surface area (Å²) in [6.07, 6.45) is 67.8. The molecule has 0 heterocycles. The molecule has 0 amide bonds. The van der Waals surface area contributed by atoms with Gasteiger partial charge in [-0.15, -0.1) is 0 Å². The molecule has 0 radical (unpaired) electrons. The summed E-state index contributed by atoms with van der Waals surface area (Å²) in [5.74, 6) is -0.839. The van der Waals surface area contributed by atoms with Crippen LogP contribution in [0.4, 0.5) is 0 Å². The summed E-state index contributed by atoms with van der Waals surface area (Å²) in [4.78, 5) is 38.3. The van der Waals surface area contributed by atoms with Crippen molar-refractivity contribution in [2.45, 2.75) is 361 Å². The first-order valence-corrected chi connectivity index (χ1v) is 31.2. The summed E-state index contributed by atoms with van der Waals surface area (Å²) in [6.45, 7) is 6.71. The molecule has 0 aromatic rings. The molecule has 0 saturated heterocycles. The van der Waals surface area contributed by atoms with E-state index in [1.165, 1.54) is 257 Å². The molecule has 0 aromatic carbocycles. The Labute approximate surface area is 431 Å². The zero-order chi connectivity index (χ0) is 50.0. The number of ether oxygens (including phenoxy) is 3. The third kappa shape index (κ3) is 56.9. The fourth-order valence-corrected chi connectivity index (χ4v) is 9.56. The number of allylic oxidation sites excluding steroid dienone is 2. The van der Waals surface area contributed by atoms with Crippen LogP contribution in [0.2, 0.25) is 0 Å². The molecule has 0 unspecified atom stereocenters. The van der Waals surface area contributed by atoms with E-state index in [2.05, 4.69) is 32.9 Å². The van der Waals surface area contributed by atoms with Crippen LogP contribution < -0.4 is 0 Å². The monoisotopic (exact) mass is 973 g/mol. The Morgan fingerprint density at radius 3 is 0.725 bits per heavy atom. The van der Waals surface area contributed by atoms with E-state index in [4.69, 9.17) is 14.2 Å². The highest BCUT2D eigenvalue weighted by molar-refractivity contribution is 5.71. The minimum Gasteiger partial charge on any atom is -0.462 e. The summed E-state index contributed by atoms with van der Waals surface area (Å²) in [5.41, 5.74) is 0. The van der Waals surface area contributed by atoms with Gasteiger partial charge in [0, 0.05) is 19.3 Å². The van der Waals surface area contributed by atoms with Gasteiger partial charge in [-0.3, -0.25) is 14.4 Å². The van der Waals surface area contributed by atoms with Crippen molar-refractivity contribution in [2.24, 2.45) is 0 Å². The van der Waals surface area contributed by atoms with Crippen LogP contribution in [0.5, 0.6) is 0 Å². The van der Waals surface area contributed by atoms with Gasteiger partial charge in [-0.1, -0.05) is 303 Å². The van der Waals surface area contributed by atoms with Crippen molar-refractivity contribution in [3.05, 3.63) is 12.2 Å². The Bertz CT molecular complexity index is 1070. The van der Waals surface area contributed by atoms with Crippen LogP contribution in [0.15, 0.2) is 12.2 Å². The van der Waals surface area contributed by atoms with Crippen LogP contribution in [0, 0.1) is 0 Å². The van der Waals surface area contributed by atoms with Gasteiger partial charge in [-0.05, 0) is 44.9 Å². The normalized spacial score (nSPS) is 12.0. The Hall–Kier alpha value is -1.85. The van der Waals surface area contributed by atoms with E-state index in [1.54, 1.807) is 0 Å². The van der Waals surface area contributed by atoms with Crippen molar-refractivity contribution < 1.29 is 28.6 Å². The van der Waals surface area contributed by atoms with Gasteiger partial charge in [0.1, 0.15) is 13.2 Å². The molecule has 6 nitrogen and oxygen atoms in total. The Kier molecular flexibility index (Phi) is 57.1. The topological polar surface area (TPSA) is 78.9 Å². The molecule has 1 atom stereocenters. The fraction of sp³-hybridized carbons (Fsp3) is 0.921. The molecular formula is C63H120O6. The number of unbranched alkanes of at least 4 members (excludes halogenated alkanes) is 45.